The van der Waals surface area contributed by atoms with Crippen LogP contribution in [-0.4, -0.2) is 29.2 Å². The van der Waals surface area contributed by atoms with Gasteiger partial charge in [0.2, 0.25) is 0 Å². The van der Waals surface area contributed by atoms with Crippen LogP contribution in [0.4, 0.5) is 0 Å². The maximum Gasteiger partial charge on any atom is 0.0695 e. The topological polar surface area (TPSA) is 23.5 Å². The lowest BCUT2D eigenvalue weighted by Gasteiger charge is -2.35. The van der Waals surface area contributed by atoms with Crippen LogP contribution in [0.25, 0.3) is 0 Å². The quantitative estimate of drug-likeness (QED) is 0.852. The molecule has 0 radical (unpaired) electrons. The highest BCUT2D eigenvalue weighted by atomic mass is 127. The van der Waals surface area contributed by atoms with Crippen LogP contribution >= 0.6 is 22.6 Å². The normalized spacial score (nSPS) is 25.2. The summed E-state index contributed by atoms with van der Waals surface area (Å²) in [7, 11) is 2.12. The van der Waals surface area contributed by atoms with E-state index in [1.54, 1.807) is 0 Å². The first kappa shape index (κ1) is 13.3. The van der Waals surface area contributed by atoms with Crippen molar-refractivity contribution in [1.29, 1.82) is 0 Å². The molecular weight excluding hydrogens is 325 g/mol. The number of rotatable bonds is 3. The number of aliphatic hydroxyl groups excluding tert-OH is 1. The second-order valence-corrected chi connectivity index (χ2v) is 6.21. The van der Waals surface area contributed by atoms with E-state index in [0.29, 0.717) is 6.04 Å². The molecule has 3 heteroatoms. The van der Waals surface area contributed by atoms with Crippen molar-refractivity contribution in [3.05, 3.63) is 33.4 Å². The van der Waals surface area contributed by atoms with E-state index < -0.39 is 0 Å². The maximum atomic E-state index is 10.0. The molecule has 1 aromatic carbocycles. The summed E-state index contributed by atoms with van der Waals surface area (Å²) < 4.78 is 1.27. The molecule has 94 valence electrons. The van der Waals surface area contributed by atoms with E-state index in [1.165, 1.54) is 22.0 Å². The predicted octanol–water partition coefficient (Wildman–Crippen LogP) is 3.03. The zero-order chi connectivity index (χ0) is 12.3. The van der Waals surface area contributed by atoms with Crippen molar-refractivity contribution in [3.8, 4) is 0 Å². The smallest absolute Gasteiger partial charge is 0.0695 e. The number of benzene rings is 1. The molecule has 2 nitrogen and oxygen atoms in total. The first-order valence-electron chi connectivity index (χ1n) is 6.29. The van der Waals surface area contributed by atoms with E-state index in [2.05, 4.69) is 58.8 Å². The maximum absolute atomic E-state index is 10.0. The van der Waals surface area contributed by atoms with Gasteiger partial charge in [-0.25, -0.2) is 0 Å². The van der Waals surface area contributed by atoms with E-state index in [9.17, 15) is 5.11 Å². The van der Waals surface area contributed by atoms with Crippen molar-refractivity contribution in [2.24, 2.45) is 0 Å². The monoisotopic (exact) mass is 345 g/mol. The van der Waals surface area contributed by atoms with Gasteiger partial charge in [-0.15, -0.1) is 0 Å². The van der Waals surface area contributed by atoms with Gasteiger partial charge in [0.15, 0.2) is 0 Å². The van der Waals surface area contributed by atoms with Gasteiger partial charge in [-0.1, -0.05) is 25.0 Å². The molecule has 0 spiro atoms. The van der Waals surface area contributed by atoms with Crippen LogP contribution < -0.4 is 0 Å². The minimum Gasteiger partial charge on any atom is -0.391 e. The molecule has 0 heterocycles. The van der Waals surface area contributed by atoms with Crippen LogP contribution in [0.1, 0.15) is 31.2 Å². The van der Waals surface area contributed by atoms with Gasteiger partial charge in [-0.2, -0.15) is 0 Å². The molecule has 1 N–H and O–H groups in total. The molecule has 1 aliphatic carbocycles. The highest BCUT2D eigenvalue weighted by Gasteiger charge is 2.26. The molecule has 1 aliphatic rings. The third-order valence-corrected chi connectivity index (χ3v) is 4.32. The Bertz CT molecular complexity index is 352. The Kier molecular flexibility index (Phi) is 4.82. The number of hydrogen-bond acceptors (Lipinski definition) is 2. The van der Waals surface area contributed by atoms with E-state index in [0.717, 1.165) is 19.4 Å². The Hall–Kier alpha value is -0.130. The Morgan fingerprint density at radius 3 is 2.53 bits per heavy atom. The Morgan fingerprint density at radius 1 is 1.24 bits per heavy atom. The molecule has 1 aromatic rings. The Morgan fingerprint density at radius 2 is 1.88 bits per heavy atom. The molecule has 17 heavy (non-hydrogen) atoms. The van der Waals surface area contributed by atoms with Crippen molar-refractivity contribution in [2.75, 3.05) is 7.05 Å². The zero-order valence-electron chi connectivity index (χ0n) is 10.3. The molecule has 0 aromatic heterocycles. The molecule has 0 amide bonds. The van der Waals surface area contributed by atoms with E-state index in [-0.39, 0.29) is 6.10 Å². The van der Waals surface area contributed by atoms with E-state index >= 15 is 0 Å². The van der Waals surface area contributed by atoms with E-state index in [1.807, 2.05) is 0 Å². The van der Waals surface area contributed by atoms with Crippen molar-refractivity contribution in [3.63, 3.8) is 0 Å². The van der Waals surface area contributed by atoms with Gasteiger partial charge >= 0.3 is 0 Å². The average Bonchev–Trinajstić information content (AvgIpc) is 2.32. The summed E-state index contributed by atoms with van der Waals surface area (Å²) in [5.41, 5.74) is 1.32. The summed E-state index contributed by atoms with van der Waals surface area (Å²) in [4.78, 5) is 2.30. The first-order chi connectivity index (χ1) is 8.16. The molecule has 1 fully saturated rings. The number of likely N-dealkylation sites (N-methyl/N-ethyl adjacent to an activating group) is 1. The van der Waals surface area contributed by atoms with Crippen molar-refractivity contribution in [2.45, 2.75) is 44.4 Å². The summed E-state index contributed by atoms with van der Waals surface area (Å²) in [6.45, 7) is 0.929. The molecule has 0 aliphatic heterocycles. The second kappa shape index (κ2) is 6.16. The van der Waals surface area contributed by atoms with Crippen LogP contribution in [0.15, 0.2) is 24.3 Å². The third-order valence-electron chi connectivity index (χ3n) is 3.61. The van der Waals surface area contributed by atoms with Gasteiger partial charge < -0.3 is 5.11 Å². The highest BCUT2D eigenvalue weighted by Crippen LogP contribution is 2.23. The predicted molar refractivity (Wildman–Crippen MR) is 78.9 cm³/mol. The van der Waals surface area contributed by atoms with Crippen LogP contribution in [0, 0.1) is 3.57 Å². The van der Waals surface area contributed by atoms with Gasteiger partial charge in [-0.3, -0.25) is 4.90 Å². The zero-order valence-corrected chi connectivity index (χ0v) is 12.4. The second-order valence-electron chi connectivity index (χ2n) is 4.96. The SMILES string of the molecule is CN(Cc1ccc(I)cc1)C1CCCCC1O. The first-order valence-corrected chi connectivity index (χ1v) is 7.37. The summed E-state index contributed by atoms with van der Waals surface area (Å²) in [5.74, 6) is 0. The van der Waals surface area contributed by atoms with E-state index in [4.69, 9.17) is 0 Å². The van der Waals surface area contributed by atoms with Crippen molar-refractivity contribution < 1.29 is 5.11 Å². The third kappa shape index (κ3) is 3.66. The summed E-state index contributed by atoms with van der Waals surface area (Å²) in [5, 5.41) is 10.0. The molecule has 0 saturated heterocycles. The molecule has 2 rings (SSSR count). The lowest BCUT2D eigenvalue weighted by atomic mass is 9.91. The standard InChI is InChI=1S/C14H20INO/c1-16(13-4-2-3-5-14(13)17)10-11-6-8-12(15)9-7-11/h6-9,13-14,17H,2-5,10H2,1H3. The highest BCUT2D eigenvalue weighted by molar-refractivity contribution is 14.1. The number of nitrogens with zero attached hydrogens (tertiary/aromatic N) is 1. The van der Waals surface area contributed by atoms with Gasteiger partial charge in [0.05, 0.1) is 6.10 Å². The number of aliphatic hydroxyl groups is 1. The molecular formula is C14H20INO. The fraction of sp³-hybridized carbons (Fsp3) is 0.571. The largest absolute Gasteiger partial charge is 0.391 e. The summed E-state index contributed by atoms with van der Waals surface area (Å²) >= 11 is 2.32. The Balaban J connectivity index is 1.95. The van der Waals surface area contributed by atoms with Gasteiger partial charge in [0.25, 0.3) is 0 Å². The van der Waals surface area contributed by atoms with Gasteiger partial charge in [0.1, 0.15) is 0 Å². The fourth-order valence-corrected chi connectivity index (χ4v) is 2.96. The number of halogens is 1. The molecule has 0 bridgehead atoms. The lowest BCUT2D eigenvalue weighted by molar-refractivity contribution is 0.0288. The molecule has 2 unspecified atom stereocenters. The lowest BCUT2D eigenvalue weighted by Crippen LogP contribution is -2.42. The van der Waals surface area contributed by atoms with Crippen LogP contribution in [0.5, 0.6) is 0 Å². The number of hydrogen-bond donors (Lipinski definition) is 1. The van der Waals surface area contributed by atoms with Crippen molar-refractivity contribution in [1.82, 2.24) is 4.90 Å². The van der Waals surface area contributed by atoms with Gasteiger partial charge in [-0.05, 0) is 60.2 Å². The van der Waals surface area contributed by atoms with Crippen LogP contribution in [0.3, 0.4) is 0 Å². The van der Waals surface area contributed by atoms with Crippen LogP contribution in [0.2, 0.25) is 0 Å². The summed E-state index contributed by atoms with van der Waals surface area (Å²) in [6.07, 6.45) is 4.37. The van der Waals surface area contributed by atoms with Crippen LogP contribution in [-0.2, 0) is 6.54 Å². The minimum atomic E-state index is -0.141. The van der Waals surface area contributed by atoms with Crippen molar-refractivity contribution >= 4 is 22.6 Å². The average molecular weight is 345 g/mol. The van der Waals surface area contributed by atoms with Gasteiger partial charge in [0, 0.05) is 16.2 Å². The molecule has 1 saturated carbocycles. The summed E-state index contributed by atoms with van der Waals surface area (Å²) in [6, 6.07) is 8.96. The Labute approximate surface area is 117 Å². The fourth-order valence-electron chi connectivity index (χ4n) is 2.60. The molecule has 2 atom stereocenters. The minimum absolute atomic E-state index is 0.141.